The van der Waals surface area contributed by atoms with Gasteiger partial charge in [0.1, 0.15) is 7.05 Å². The predicted molar refractivity (Wildman–Crippen MR) is 74.0 cm³/mol. The third kappa shape index (κ3) is 4.61. The standard InChI is InChI=1S/C15H26N/c1-7-10-11-12-15(13(4)5)16(6)14(8-2)9-3/h7-8,10-13H,9H2,1-6H3/q+1/b10-7-,12-11-,14-8+,16-15-. The lowest BCUT2D eigenvalue weighted by Gasteiger charge is -2.07. The van der Waals surface area contributed by atoms with E-state index < -0.39 is 0 Å². The van der Waals surface area contributed by atoms with Gasteiger partial charge >= 0.3 is 0 Å². The molecule has 0 heterocycles. The van der Waals surface area contributed by atoms with Gasteiger partial charge in [0.25, 0.3) is 0 Å². The highest BCUT2D eigenvalue weighted by molar-refractivity contribution is 5.92. The molecule has 0 rings (SSSR count). The van der Waals surface area contributed by atoms with Crippen LogP contribution in [0.3, 0.4) is 0 Å². The highest BCUT2D eigenvalue weighted by atomic mass is 15.0. The second kappa shape index (κ2) is 8.09. The lowest BCUT2D eigenvalue weighted by Crippen LogP contribution is -2.20. The van der Waals surface area contributed by atoms with Gasteiger partial charge in [-0.1, -0.05) is 39.0 Å². The van der Waals surface area contributed by atoms with Crippen LogP contribution >= 0.6 is 0 Å². The first kappa shape index (κ1) is 14.9. The average Bonchev–Trinajstić information content (AvgIpc) is 2.25. The van der Waals surface area contributed by atoms with Crippen LogP contribution in [0, 0.1) is 5.92 Å². The molecule has 0 saturated heterocycles. The summed E-state index contributed by atoms with van der Waals surface area (Å²) in [4.78, 5) is 0. The van der Waals surface area contributed by atoms with Crippen molar-refractivity contribution in [1.29, 1.82) is 0 Å². The van der Waals surface area contributed by atoms with Gasteiger partial charge in [-0.2, -0.15) is 0 Å². The van der Waals surface area contributed by atoms with E-state index in [1.165, 1.54) is 11.4 Å². The van der Waals surface area contributed by atoms with E-state index in [0.717, 1.165) is 6.42 Å². The molecule has 90 valence electrons. The van der Waals surface area contributed by atoms with E-state index in [1.807, 2.05) is 13.0 Å². The van der Waals surface area contributed by atoms with E-state index in [9.17, 15) is 0 Å². The summed E-state index contributed by atoms with van der Waals surface area (Å²) in [6.07, 6.45) is 11.7. The van der Waals surface area contributed by atoms with E-state index in [2.05, 4.69) is 63.6 Å². The van der Waals surface area contributed by atoms with Gasteiger partial charge in [0.15, 0.2) is 11.4 Å². The first-order valence-electron chi connectivity index (χ1n) is 6.13. The zero-order valence-corrected chi connectivity index (χ0v) is 11.6. The fourth-order valence-electron chi connectivity index (χ4n) is 1.76. The number of rotatable bonds is 5. The minimum absolute atomic E-state index is 0.535. The van der Waals surface area contributed by atoms with Crippen molar-refractivity contribution in [3.05, 3.63) is 36.1 Å². The van der Waals surface area contributed by atoms with Crippen LogP contribution in [0.25, 0.3) is 0 Å². The maximum Gasteiger partial charge on any atom is 0.183 e. The van der Waals surface area contributed by atoms with Crippen LogP contribution in [0.4, 0.5) is 0 Å². The Bertz CT molecular complexity index is 314. The molecule has 16 heavy (non-hydrogen) atoms. The molecular formula is C15H26N+. The van der Waals surface area contributed by atoms with Crippen LogP contribution in [0.1, 0.15) is 41.0 Å². The normalized spacial score (nSPS) is 15.3. The average molecular weight is 220 g/mol. The second-order valence-electron chi connectivity index (χ2n) is 4.16. The van der Waals surface area contributed by atoms with Gasteiger partial charge < -0.3 is 0 Å². The van der Waals surface area contributed by atoms with Gasteiger partial charge in [0, 0.05) is 18.4 Å². The smallest absolute Gasteiger partial charge is 0.183 e. The predicted octanol–water partition coefficient (Wildman–Crippen LogP) is 4.17. The summed E-state index contributed by atoms with van der Waals surface area (Å²) >= 11 is 0. The number of hydrogen-bond acceptors (Lipinski definition) is 0. The highest BCUT2D eigenvalue weighted by Crippen LogP contribution is 2.07. The molecule has 0 aliphatic rings. The minimum atomic E-state index is 0.535. The quantitative estimate of drug-likeness (QED) is 0.371. The Morgan fingerprint density at radius 3 is 2.19 bits per heavy atom. The van der Waals surface area contributed by atoms with Crippen LogP contribution in [0.15, 0.2) is 36.1 Å². The van der Waals surface area contributed by atoms with Crippen molar-refractivity contribution in [2.75, 3.05) is 7.05 Å². The zero-order valence-electron chi connectivity index (χ0n) is 11.6. The summed E-state index contributed by atoms with van der Waals surface area (Å²) in [6.45, 7) is 10.8. The molecule has 0 radical (unpaired) electrons. The van der Waals surface area contributed by atoms with Gasteiger partial charge in [-0.25, -0.2) is 4.58 Å². The fourth-order valence-corrected chi connectivity index (χ4v) is 1.76. The molecule has 0 saturated carbocycles. The molecule has 0 aromatic carbocycles. The molecule has 0 N–H and O–H groups in total. The summed E-state index contributed by atoms with van der Waals surface area (Å²) < 4.78 is 2.30. The van der Waals surface area contributed by atoms with Crippen molar-refractivity contribution in [3.63, 3.8) is 0 Å². The summed E-state index contributed by atoms with van der Waals surface area (Å²) in [5, 5.41) is 0. The van der Waals surface area contributed by atoms with Crippen molar-refractivity contribution >= 4 is 5.71 Å². The maximum absolute atomic E-state index is 2.30. The van der Waals surface area contributed by atoms with Crippen LogP contribution in [-0.2, 0) is 0 Å². The van der Waals surface area contributed by atoms with Crippen LogP contribution in [0.2, 0.25) is 0 Å². The first-order chi connectivity index (χ1) is 7.58. The van der Waals surface area contributed by atoms with Crippen molar-refractivity contribution in [2.45, 2.75) is 41.0 Å². The molecule has 0 spiro atoms. The van der Waals surface area contributed by atoms with Crippen molar-refractivity contribution in [3.8, 4) is 0 Å². The lowest BCUT2D eigenvalue weighted by atomic mass is 10.1. The molecule has 0 amide bonds. The monoisotopic (exact) mass is 220 g/mol. The van der Waals surface area contributed by atoms with Gasteiger partial charge in [0.2, 0.25) is 0 Å². The van der Waals surface area contributed by atoms with Crippen LogP contribution in [-0.4, -0.2) is 17.3 Å². The van der Waals surface area contributed by atoms with E-state index in [1.54, 1.807) is 0 Å². The number of nitrogens with zero attached hydrogens (tertiary/aromatic N) is 1. The van der Waals surface area contributed by atoms with Gasteiger partial charge in [-0.05, 0) is 19.9 Å². The third-order valence-electron chi connectivity index (χ3n) is 2.68. The Morgan fingerprint density at radius 1 is 1.19 bits per heavy atom. The van der Waals surface area contributed by atoms with Crippen molar-refractivity contribution < 1.29 is 4.58 Å². The molecule has 0 bridgehead atoms. The molecule has 1 nitrogen and oxygen atoms in total. The van der Waals surface area contributed by atoms with Gasteiger partial charge in [0.05, 0.1) is 0 Å². The zero-order chi connectivity index (χ0) is 12.6. The first-order valence-corrected chi connectivity index (χ1v) is 6.13. The van der Waals surface area contributed by atoms with Gasteiger partial charge in [-0.3, -0.25) is 0 Å². The lowest BCUT2D eigenvalue weighted by molar-refractivity contribution is -0.448. The molecular weight excluding hydrogens is 194 g/mol. The van der Waals surface area contributed by atoms with Gasteiger partial charge in [-0.15, -0.1) is 0 Å². The minimum Gasteiger partial charge on any atom is -0.203 e. The summed E-state index contributed by atoms with van der Waals surface area (Å²) in [5.74, 6) is 0.535. The maximum atomic E-state index is 2.30. The van der Waals surface area contributed by atoms with E-state index >= 15 is 0 Å². The largest absolute Gasteiger partial charge is 0.203 e. The Balaban J connectivity index is 5.23. The second-order valence-corrected chi connectivity index (χ2v) is 4.16. The highest BCUT2D eigenvalue weighted by Gasteiger charge is 2.14. The van der Waals surface area contributed by atoms with E-state index in [-0.39, 0.29) is 0 Å². The van der Waals surface area contributed by atoms with E-state index in [4.69, 9.17) is 0 Å². The third-order valence-corrected chi connectivity index (χ3v) is 2.68. The molecule has 0 atom stereocenters. The molecule has 0 unspecified atom stereocenters. The Labute approximate surface area is 101 Å². The molecule has 1 heteroatoms. The molecule has 0 aliphatic heterocycles. The Morgan fingerprint density at radius 2 is 1.81 bits per heavy atom. The summed E-state index contributed by atoms with van der Waals surface area (Å²) in [7, 11) is 2.15. The van der Waals surface area contributed by atoms with Crippen molar-refractivity contribution in [2.24, 2.45) is 5.92 Å². The summed E-state index contributed by atoms with van der Waals surface area (Å²) in [6, 6.07) is 0. The molecule has 0 aliphatic carbocycles. The molecule has 0 aromatic heterocycles. The Kier molecular flexibility index (Phi) is 7.53. The molecule has 0 aromatic rings. The van der Waals surface area contributed by atoms with Crippen molar-refractivity contribution in [1.82, 2.24) is 0 Å². The summed E-state index contributed by atoms with van der Waals surface area (Å²) in [5.41, 5.74) is 2.72. The van der Waals surface area contributed by atoms with Crippen LogP contribution < -0.4 is 0 Å². The van der Waals surface area contributed by atoms with E-state index in [0.29, 0.717) is 5.92 Å². The topological polar surface area (TPSA) is 3.01 Å². The SMILES string of the molecule is C\C=C/C=C\C(C(C)C)=[N+](C)\C(=C\C)CC. The van der Waals surface area contributed by atoms with Crippen LogP contribution in [0.5, 0.6) is 0 Å². The fraction of sp³-hybridized carbons (Fsp3) is 0.533. The number of hydrogen-bond donors (Lipinski definition) is 0. The number of allylic oxidation sites excluding steroid dienone is 6. The Hall–Kier alpha value is -1.11. The molecule has 0 fully saturated rings.